The lowest BCUT2D eigenvalue weighted by Gasteiger charge is -2.41. The van der Waals surface area contributed by atoms with E-state index in [9.17, 15) is 4.79 Å². The largest absolute Gasteiger partial charge is 0.373 e. The first-order valence-electron chi connectivity index (χ1n) is 10.1. The van der Waals surface area contributed by atoms with Crippen LogP contribution in [0.1, 0.15) is 40.0 Å². The number of nitrogens with zero attached hydrogens (tertiary/aromatic N) is 3. The fourth-order valence-electron chi connectivity index (χ4n) is 4.46. The zero-order valence-corrected chi connectivity index (χ0v) is 19.4. The number of hydrogen-bond acceptors (Lipinski definition) is 4. The summed E-state index contributed by atoms with van der Waals surface area (Å²) in [6, 6.07) is 0. The van der Waals surface area contributed by atoms with Crippen LogP contribution in [0, 0.1) is 5.41 Å². The summed E-state index contributed by atoms with van der Waals surface area (Å²) >= 11 is 0. The Bertz CT molecular complexity index is 542. The molecule has 27 heavy (non-hydrogen) atoms. The van der Waals surface area contributed by atoms with Crippen LogP contribution in [-0.4, -0.2) is 86.2 Å². The van der Waals surface area contributed by atoms with Crippen molar-refractivity contribution in [2.45, 2.75) is 45.6 Å². The number of hydrogen-bond donors (Lipinski definition) is 2. The van der Waals surface area contributed by atoms with Crippen molar-refractivity contribution in [1.29, 1.82) is 0 Å². The summed E-state index contributed by atoms with van der Waals surface area (Å²) < 4.78 is 5.79. The van der Waals surface area contributed by atoms with Gasteiger partial charge in [-0.25, -0.2) is 0 Å². The molecule has 1 amide bonds. The number of likely N-dealkylation sites (tertiary alicyclic amines) is 1. The van der Waals surface area contributed by atoms with E-state index in [1.807, 2.05) is 0 Å². The van der Waals surface area contributed by atoms with Crippen LogP contribution in [0.2, 0.25) is 0 Å². The van der Waals surface area contributed by atoms with Gasteiger partial charge in [0.25, 0.3) is 0 Å². The minimum absolute atomic E-state index is 0. The van der Waals surface area contributed by atoms with E-state index in [-0.39, 0.29) is 40.9 Å². The number of carbonyl (C=O) groups excluding carboxylic acids is 1. The number of guanidine groups is 1. The minimum atomic E-state index is -0.0618. The number of morpholine rings is 1. The van der Waals surface area contributed by atoms with Gasteiger partial charge in [-0.1, -0.05) is 0 Å². The van der Waals surface area contributed by atoms with Crippen molar-refractivity contribution in [1.82, 2.24) is 20.4 Å². The van der Waals surface area contributed by atoms with E-state index < -0.39 is 0 Å². The van der Waals surface area contributed by atoms with E-state index in [0.29, 0.717) is 6.42 Å². The zero-order valence-electron chi connectivity index (χ0n) is 17.1. The molecule has 2 N–H and O–H groups in total. The molecule has 3 rings (SSSR count). The Kier molecular flexibility index (Phi) is 8.18. The highest BCUT2D eigenvalue weighted by Gasteiger charge is 2.42. The molecular weight excluding hydrogens is 457 g/mol. The SMILES string of the molecule is CCNC(=NCCN1CCOC(C)(C)C1)N1CCCC2(CNC(=O)C2)C1.I. The third kappa shape index (κ3) is 6.19. The maximum absolute atomic E-state index is 11.7. The van der Waals surface area contributed by atoms with Gasteiger partial charge in [0.05, 0.1) is 18.8 Å². The first-order valence-corrected chi connectivity index (χ1v) is 10.1. The Labute approximate surface area is 180 Å². The summed E-state index contributed by atoms with van der Waals surface area (Å²) in [5, 5.41) is 6.47. The predicted octanol–water partition coefficient (Wildman–Crippen LogP) is 1.28. The van der Waals surface area contributed by atoms with Gasteiger partial charge in [0, 0.05) is 57.6 Å². The third-order valence-corrected chi connectivity index (χ3v) is 5.67. The quantitative estimate of drug-likeness (QED) is 0.351. The fraction of sp³-hybridized carbons (Fsp3) is 0.895. The van der Waals surface area contributed by atoms with E-state index in [4.69, 9.17) is 9.73 Å². The monoisotopic (exact) mass is 493 g/mol. The molecule has 0 radical (unpaired) electrons. The highest BCUT2D eigenvalue weighted by Crippen LogP contribution is 2.36. The van der Waals surface area contributed by atoms with E-state index in [2.05, 4.69) is 41.2 Å². The number of halogens is 1. The number of aliphatic imine (C=N–C) groups is 1. The second kappa shape index (κ2) is 9.73. The van der Waals surface area contributed by atoms with Crippen molar-refractivity contribution in [2.24, 2.45) is 10.4 Å². The molecule has 1 atom stereocenters. The molecule has 0 aromatic carbocycles. The highest BCUT2D eigenvalue weighted by molar-refractivity contribution is 14.0. The molecule has 0 aromatic rings. The van der Waals surface area contributed by atoms with E-state index >= 15 is 0 Å². The van der Waals surface area contributed by atoms with Gasteiger partial charge in [-0.2, -0.15) is 0 Å². The number of rotatable bonds is 4. The van der Waals surface area contributed by atoms with Crippen LogP contribution in [0.3, 0.4) is 0 Å². The second-order valence-corrected chi connectivity index (χ2v) is 8.60. The zero-order chi connectivity index (χ0) is 18.6. The van der Waals surface area contributed by atoms with Gasteiger partial charge in [0.2, 0.25) is 5.91 Å². The van der Waals surface area contributed by atoms with Crippen molar-refractivity contribution in [2.75, 3.05) is 59.0 Å². The third-order valence-electron chi connectivity index (χ3n) is 5.67. The van der Waals surface area contributed by atoms with Gasteiger partial charge in [0.1, 0.15) is 0 Å². The molecule has 3 aliphatic rings. The molecule has 0 aromatic heterocycles. The maximum Gasteiger partial charge on any atom is 0.220 e. The second-order valence-electron chi connectivity index (χ2n) is 8.60. The lowest BCUT2D eigenvalue weighted by Crippen LogP contribution is -2.52. The number of carbonyl (C=O) groups is 1. The van der Waals surface area contributed by atoms with Gasteiger partial charge < -0.3 is 20.3 Å². The summed E-state index contributed by atoms with van der Waals surface area (Å²) in [7, 11) is 0. The van der Waals surface area contributed by atoms with Crippen molar-refractivity contribution < 1.29 is 9.53 Å². The summed E-state index contributed by atoms with van der Waals surface area (Å²) in [6.45, 7) is 14.5. The van der Waals surface area contributed by atoms with Crippen molar-refractivity contribution in [3.63, 3.8) is 0 Å². The molecule has 1 unspecified atom stereocenters. The Morgan fingerprint density at radius 1 is 1.33 bits per heavy atom. The van der Waals surface area contributed by atoms with Crippen LogP contribution in [0.25, 0.3) is 0 Å². The molecule has 1 spiro atoms. The summed E-state index contributed by atoms with van der Waals surface area (Å²) in [5.74, 6) is 1.20. The molecule has 3 saturated heterocycles. The Morgan fingerprint density at radius 2 is 2.15 bits per heavy atom. The van der Waals surface area contributed by atoms with Gasteiger partial charge in [0.15, 0.2) is 5.96 Å². The van der Waals surface area contributed by atoms with Gasteiger partial charge in [-0.15, -0.1) is 24.0 Å². The van der Waals surface area contributed by atoms with Crippen molar-refractivity contribution in [3.8, 4) is 0 Å². The molecular formula is C19H36IN5O2. The number of amides is 1. The van der Waals surface area contributed by atoms with Crippen LogP contribution in [-0.2, 0) is 9.53 Å². The molecule has 156 valence electrons. The van der Waals surface area contributed by atoms with Crippen molar-refractivity contribution >= 4 is 35.8 Å². The molecule has 0 aliphatic carbocycles. The lowest BCUT2D eigenvalue weighted by molar-refractivity contribution is -0.119. The van der Waals surface area contributed by atoms with Gasteiger partial charge in [-0.3, -0.25) is 14.7 Å². The molecule has 0 bridgehead atoms. The molecule has 8 heteroatoms. The van der Waals surface area contributed by atoms with Crippen LogP contribution in [0.5, 0.6) is 0 Å². The summed E-state index contributed by atoms with van der Waals surface area (Å²) in [5.41, 5.74) is 0.0352. The predicted molar refractivity (Wildman–Crippen MR) is 119 cm³/mol. The number of ether oxygens (including phenoxy) is 1. The number of nitrogens with one attached hydrogen (secondary N) is 2. The van der Waals surface area contributed by atoms with Gasteiger partial charge >= 0.3 is 0 Å². The molecule has 3 heterocycles. The normalized spacial score (nSPS) is 28.8. The van der Waals surface area contributed by atoms with E-state index in [1.165, 1.54) is 0 Å². The van der Waals surface area contributed by atoms with Crippen LogP contribution in [0.15, 0.2) is 4.99 Å². The molecule has 3 aliphatic heterocycles. The minimum Gasteiger partial charge on any atom is -0.373 e. The van der Waals surface area contributed by atoms with Crippen molar-refractivity contribution in [3.05, 3.63) is 0 Å². The van der Waals surface area contributed by atoms with Crippen LogP contribution < -0.4 is 10.6 Å². The Hall–Kier alpha value is -0.610. The summed E-state index contributed by atoms with van der Waals surface area (Å²) in [6.07, 6.45) is 2.91. The fourth-order valence-corrected chi connectivity index (χ4v) is 4.46. The molecule has 0 saturated carbocycles. The summed E-state index contributed by atoms with van der Waals surface area (Å²) in [4.78, 5) is 21.4. The lowest BCUT2D eigenvalue weighted by atomic mass is 9.79. The standard InChI is InChI=1S/C19H35N5O2.HI/c1-4-20-17(21-7-9-23-10-11-26-18(2,3)14-23)24-8-5-6-19(15-24)12-16(25)22-13-19;/h4-15H2,1-3H3,(H,20,21)(H,22,25);1H. The van der Waals surface area contributed by atoms with E-state index in [0.717, 1.165) is 77.8 Å². The Balaban J connectivity index is 0.00000261. The molecule has 7 nitrogen and oxygen atoms in total. The highest BCUT2D eigenvalue weighted by atomic mass is 127. The van der Waals surface area contributed by atoms with Crippen LogP contribution >= 0.6 is 24.0 Å². The average Bonchev–Trinajstić information content (AvgIpc) is 2.93. The topological polar surface area (TPSA) is 69.2 Å². The first-order chi connectivity index (χ1) is 12.4. The molecule has 3 fully saturated rings. The van der Waals surface area contributed by atoms with Gasteiger partial charge in [-0.05, 0) is 33.6 Å². The number of piperidine rings is 1. The smallest absolute Gasteiger partial charge is 0.220 e. The Morgan fingerprint density at radius 3 is 2.81 bits per heavy atom. The average molecular weight is 493 g/mol. The van der Waals surface area contributed by atoms with E-state index in [1.54, 1.807) is 0 Å². The maximum atomic E-state index is 11.7. The van der Waals surface area contributed by atoms with Crippen LogP contribution in [0.4, 0.5) is 0 Å². The first kappa shape index (κ1) is 22.7.